The Morgan fingerprint density at radius 3 is 2.71 bits per heavy atom. The van der Waals surface area contributed by atoms with E-state index in [0.717, 1.165) is 64.9 Å². The van der Waals surface area contributed by atoms with Crippen LogP contribution >= 0.6 is 24.0 Å². The Morgan fingerprint density at radius 1 is 1.29 bits per heavy atom. The van der Waals surface area contributed by atoms with Gasteiger partial charge in [0.25, 0.3) is 0 Å². The lowest BCUT2D eigenvalue weighted by molar-refractivity contribution is 0.0888. The second-order valence-electron chi connectivity index (χ2n) is 6.99. The lowest BCUT2D eigenvalue weighted by Gasteiger charge is -2.40. The molecule has 2 aliphatic rings. The fraction of sp³-hybridized carbons (Fsp3) is 0.944. The van der Waals surface area contributed by atoms with Gasteiger partial charge in [-0.05, 0) is 44.4 Å². The molecule has 1 atom stereocenters. The van der Waals surface area contributed by atoms with Gasteiger partial charge in [-0.25, -0.2) is 0 Å². The zero-order chi connectivity index (χ0) is 16.4. The lowest BCUT2D eigenvalue weighted by atomic mass is 9.67. The first-order valence-corrected chi connectivity index (χ1v) is 9.45. The molecular formula is C18H36IN3O2. The van der Waals surface area contributed by atoms with Gasteiger partial charge in [0.05, 0.1) is 13.2 Å². The van der Waals surface area contributed by atoms with E-state index in [4.69, 9.17) is 14.5 Å². The van der Waals surface area contributed by atoms with Gasteiger partial charge in [-0.2, -0.15) is 0 Å². The number of guanidine groups is 1. The zero-order valence-electron chi connectivity index (χ0n) is 15.4. The molecule has 1 saturated heterocycles. The van der Waals surface area contributed by atoms with Gasteiger partial charge >= 0.3 is 0 Å². The van der Waals surface area contributed by atoms with Crippen molar-refractivity contribution in [3.8, 4) is 0 Å². The summed E-state index contributed by atoms with van der Waals surface area (Å²) in [6, 6.07) is 0. The molecule has 142 valence electrons. The summed E-state index contributed by atoms with van der Waals surface area (Å²) in [4.78, 5) is 4.80. The molecular weight excluding hydrogens is 417 g/mol. The normalized spacial score (nSPS) is 22.6. The second kappa shape index (κ2) is 12.3. The maximum atomic E-state index is 5.74. The molecule has 0 spiro atoms. The molecule has 2 fully saturated rings. The summed E-state index contributed by atoms with van der Waals surface area (Å²) in [5.41, 5.74) is 0.481. The highest BCUT2D eigenvalue weighted by molar-refractivity contribution is 14.0. The number of nitrogens with one attached hydrogen (secondary N) is 2. The van der Waals surface area contributed by atoms with Crippen LogP contribution in [-0.2, 0) is 9.47 Å². The van der Waals surface area contributed by atoms with Crippen molar-refractivity contribution in [3.63, 3.8) is 0 Å². The van der Waals surface area contributed by atoms with E-state index >= 15 is 0 Å². The summed E-state index contributed by atoms with van der Waals surface area (Å²) in [5.74, 6) is 1.56. The number of hydrogen-bond acceptors (Lipinski definition) is 3. The number of halogens is 1. The van der Waals surface area contributed by atoms with Gasteiger partial charge in [-0.3, -0.25) is 4.99 Å². The SMILES string of the molecule is CCNC(=NCC1(CC)CCC1)NCCCOCC1CCOC1.I. The predicted octanol–water partition coefficient (Wildman–Crippen LogP) is 3.18. The van der Waals surface area contributed by atoms with Crippen molar-refractivity contribution in [2.75, 3.05) is 46.1 Å². The van der Waals surface area contributed by atoms with Crippen LogP contribution in [0.5, 0.6) is 0 Å². The van der Waals surface area contributed by atoms with Crippen LogP contribution in [0.15, 0.2) is 4.99 Å². The fourth-order valence-corrected chi connectivity index (χ4v) is 3.23. The lowest BCUT2D eigenvalue weighted by Crippen LogP contribution is -2.40. The van der Waals surface area contributed by atoms with E-state index in [9.17, 15) is 0 Å². The first kappa shape index (κ1) is 22.0. The maximum Gasteiger partial charge on any atom is 0.191 e. The standard InChI is InChI=1S/C18H35N3O2.HI/c1-3-18(8-5-9-18)15-21-17(19-4-2)20-10-6-11-22-13-16-7-12-23-14-16;/h16H,3-15H2,1-2H3,(H2,19,20,21);1H. The molecule has 1 aliphatic carbocycles. The van der Waals surface area contributed by atoms with Crippen LogP contribution in [0.2, 0.25) is 0 Å². The number of nitrogens with zero attached hydrogens (tertiary/aromatic N) is 1. The molecule has 1 unspecified atom stereocenters. The van der Waals surface area contributed by atoms with Gasteiger partial charge in [0.15, 0.2) is 5.96 Å². The fourth-order valence-electron chi connectivity index (χ4n) is 3.23. The van der Waals surface area contributed by atoms with Crippen LogP contribution in [0.25, 0.3) is 0 Å². The van der Waals surface area contributed by atoms with Crippen molar-refractivity contribution in [2.24, 2.45) is 16.3 Å². The Labute approximate surface area is 164 Å². The van der Waals surface area contributed by atoms with Gasteiger partial charge in [0.2, 0.25) is 0 Å². The van der Waals surface area contributed by atoms with Gasteiger partial charge in [0.1, 0.15) is 0 Å². The van der Waals surface area contributed by atoms with Crippen molar-refractivity contribution in [1.29, 1.82) is 0 Å². The van der Waals surface area contributed by atoms with Crippen molar-refractivity contribution in [2.45, 2.75) is 52.4 Å². The third-order valence-corrected chi connectivity index (χ3v) is 5.22. The number of rotatable bonds is 10. The highest BCUT2D eigenvalue weighted by Gasteiger charge is 2.34. The molecule has 1 heterocycles. The first-order chi connectivity index (χ1) is 11.3. The van der Waals surface area contributed by atoms with E-state index in [1.54, 1.807) is 0 Å². The molecule has 2 N–H and O–H groups in total. The monoisotopic (exact) mass is 453 g/mol. The summed E-state index contributed by atoms with van der Waals surface area (Å²) in [7, 11) is 0. The Bertz CT molecular complexity index is 351. The Balaban J connectivity index is 0.00000288. The van der Waals surface area contributed by atoms with Crippen LogP contribution in [0.1, 0.15) is 52.4 Å². The van der Waals surface area contributed by atoms with Crippen LogP contribution < -0.4 is 10.6 Å². The largest absolute Gasteiger partial charge is 0.381 e. The molecule has 0 aromatic carbocycles. The highest BCUT2D eigenvalue weighted by atomic mass is 127. The zero-order valence-corrected chi connectivity index (χ0v) is 17.8. The van der Waals surface area contributed by atoms with Gasteiger partial charge < -0.3 is 20.1 Å². The summed E-state index contributed by atoms with van der Waals surface area (Å²) in [6.45, 7) is 10.6. The van der Waals surface area contributed by atoms with E-state index < -0.39 is 0 Å². The van der Waals surface area contributed by atoms with Crippen molar-refractivity contribution in [1.82, 2.24) is 10.6 Å². The molecule has 5 nitrogen and oxygen atoms in total. The topological polar surface area (TPSA) is 54.9 Å². The predicted molar refractivity (Wildman–Crippen MR) is 110 cm³/mol. The Kier molecular flexibility index (Phi) is 11.3. The number of hydrogen-bond donors (Lipinski definition) is 2. The van der Waals surface area contributed by atoms with Crippen LogP contribution in [0.4, 0.5) is 0 Å². The molecule has 0 aromatic heterocycles. The Hall–Kier alpha value is -0.0800. The molecule has 0 bridgehead atoms. The summed E-state index contributed by atoms with van der Waals surface area (Å²) >= 11 is 0. The molecule has 0 amide bonds. The molecule has 1 saturated carbocycles. The minimum atomic E-state index is 0. The summed E-state index contributed by atoms with van der Waals surface area (Å²) < 4.78 is 11.1. The van der Waals surface area contributed by atoms with Gasteiger partial charge in [0, 0.05) is 38.8 Å². The second-order valence-corrected chi connectivity index (χ2v) is 6.99. The minimum Gasteiger partial charge on any atom is -0.381 e. The van der Waals surface area contributed by atoms with E-state index in [2.05, 4.69) is 24.5 Å². The maximum absolute atomic E-state index is 5.74. The molecule has 6 heteroatoms. The molecule has 0 radical (unpaired) electrons. The minimum absolute atomic E-state index is 0. The van der Waals surface area contributed by atoms with E-state index in [-0.39, 0.29) is 24.0 Å². The smallest absolute Gasteiger partial charge is 0.191 e. The summed E-state index contributed by atoms with van der Waals surface area (Å²) in [6.07, 6.45) is 7.45. The number of ether oxygens (including phenoxy) is 2. The molecule has 1 aliphatic heterocycles. The van der Waals surface area contributed by atoms with Crippen LogP contribution in [0, 0.1) is 11.3 Å². The van der Waals surface area contributed by atoms with Gasteiger partial charge in [-0.15, -0.1) is 24.0 Å². The highest BCUT2D eigenvalue weighted by Crippen LogP contribution is 2.43. The molecule has 0 aromatic rings. The molecule has 2 rings (SSSR count). The van der Waals surface area contributed by atoms with Crippen LogP contribution in [-0.4, -0.2) is 52.0 Å². The first-order valence-electron chi connectivity index (χ1n) is 9.45. The average molecular weight is 453 g/mol. The van der Waals surface area contributed by atoms with Crippen molar-refractivity contribution < 1.29 is 9.47 Å². The third kappa shape index (κ3) is 7.44. The van der Waals surface area contributed by atoms with E-state index in [1.165, 1.54) is 25.7 Å². The third-order valence-electron chi connectivity index (χ3n) is 5.22. The average Bonchev–Trinajstić information content (AvgIpc) is 3.03. The van der Waals surface area contributed by atoms with Crippen LogP contribution in [0.3, 0.4) is 0 Å². The Morgan fingerprint density at radius 2 is 2.12 bits per heavy atom. The van der Waals surface area contributed by atoms with E-state index in [1.807, 2.05) is 0 Å². The number of aliphatic imine (C=N–C) groups is 1. The quantitative estimate of drug-likeness (QED) is 0.231. The summed E-state index contributed by atoms with van der Waals surface area (Å²) in [5, 5.41) is 6.77. The molecule has 24 heavy (non-hydrogen) atoms. The van der Waals surface area contributed by atoms with Crippen molar-refractivity contribution in [3.05, 3.63) is 0 Å². The van der Waals surface area contributed by atoms with E-state index in [0.29, 0.717) is 11.3 Å². The van der Waals surface area contributed by atoms with Gasteiger partial charge in [-0.1, -0.05) is 13.3 Å². The van der Waals surface area contributed by atoms with Crippen molar-refractivity contribution >= 4 is 29.9 Å².